The summed E-state index contributed by atoms with van der Waals surface area (Å²) in [4.78, 5) is 23.4. The minimum atomic E-state index is -0.533. The molecule has 1 aromatic heterocycles. The molecular formula is C22H22N4O4. The van der Waals surface area contributed by atoms with Crippen molar-refractivity contribution in [2.24, 2.45) is 5.73 Å². The number of aryl methyl sites for hydroxylation is 1. The van der Waals surface area contributed by atoms with Crippen molar-refractivity contribution in [3.8, 4) is 17.2 Å². The largest absolute Gasteiger partial charge is 0.497 e. The van der Waals surface area contributed by atoms with Gasteiger partial charge in [0.25, 0.3) is 5.91 Å². The Kier molecular flexibility index (Phi) is 5.14. The fourth-order valence-corrected chi connectivity index (χ4v) is 3.69. The summed E-state index contributed by atoms with van der Waals surface area (Å²) >= 11 is 0. The summed E-state index contributed by atoms with van der Waals surface area (Å²) < 4.78 is 12.3. The lowest BCUT2D eigenvalue weighted by Gasteiger charge is -2.24. The van der Waals surface area contributed by atoms with Crippen LogP contribution in [0.2, 0.25) is 0 Å². The first-order valence-electron chi connectivity index (χ1n) is 9.51. The summed E-state index contributed by atoms with van der Waals surface area (Å²) in [5, 5.41) is 7.65. The van der Waals surface area contributed by atoms with Gasteiger partial charge >= 0.3 is 0 Å². The molecule has 2 amide bonds. The number of nitrogens with zero attached hydrogens (tertiary/aromatic N) is 2. The van der Waals surface area contributed by atoms with Crippen LogP contribution >= 0.6 is 0 Å². The molecule has 4 rings (SSSR count). The second-order valence-corrected chi connectivity index (χ2v) is 7.09. The summed E-state index contributed by atoms with van der Waals surface area (Å²) in [6.45, 7) is 1.76. The van der Waals surface area contributed by atoms with Crippen LogP contribution in [0.3, 0.4) is 0 Å². The summed E-state index contributed by atoms with van der Waals surface area (Å²) in [5.41, 5.74) is 8.74. The minimum absolute atomic E-state index is 0.0729. The highest BCUT2D eigenvalue weighted by molar-refractivity contribution is 5.95. The Hall–Kier alpha value is -3.81. The number of ether oxygens (including phenoxy) is 2. The van der Waals surface area contributed by atoms with Crippen molar-refractivity contribution in [1.82, 2.24) is 9.78 Å². The van der Waals surface area contributed by atoms with Gasteiger partial charge in [-0.05, 0) is 48.9 Å². The molecule has 0 aliphatic carbocycles. The molecule has 0 spiro atoms. The number of hydrogen-bond donors (Lipinski definition) is 2. The summed E-state index contributed by atoms with van der Waals surface area (Å²) in [7, 11) is 1.62. The minimum Gasteiger partial charge on any atom is -0.497 e. The lowest BCUT2D eigenvalue weighted by Crippen LogP contribution is -2.25. The Labute approximate surface area is 173 Å². The highest BCUT2D eigenvalue weighted by atomic mass is 16.5. The third kappa shape index (κ3) is 3.71. The van der Waals surface area contributed by atoms with E-state index in [1.54, 1.807) is 23.9 Å². The third-order valence-electron chi connectivity index (χ3n) is 5.08. The summed E-state index contributed by atoms with van der Waals surface area (Å²) in [5.74, 6) is 1.23. The van der Waals surface area contributed by atoms with Gasteiger partial charge < -0.3 is 20.5 Å². The van der Waals surface area contributed by atoms with Crippen LogP contribution in [-0.2, 0) is 9.59 Å². The molecule has 0 saturated heterocycles. The highest BCUT2D eigenvalue weighted by Crippen LogP contribution is 2.40. The number of carbonyl (C=O) groups excluding carboxylic acids is 2. The van der Waals surface area contributed by atoms with E-state index in [2.05, 4.69) is 10.4 Å². The molecule has 2 aromatic carbocycles. The smallest absolute Gasteiger partial charge is 0.255 e. The lowest BCUT2D eigenvalue weighted by atomic mass is 9.86. The maximum atomic E-state index is 12.5. The van der Waals surface area contributed by atoms with E-state index in [0.717, 1.165) is 28.3 Å². The molecule has 0 bridgehead atoms. The molecule has 2 heterocycles. The van der Waals surface area contributed by atoms with Crippen LogP contribution in [0.1, 0.15) is 29.2 Å². The second-order valence-electron chi connectivity index (χ2n) is 7.09. The van der Waals surface area contributed by atoms with Crippen molar-refractivity contribution in [3.63, 3.8) is 0 Å². The zero-order valence-corrected chi connectivity index (χ0v) is 16.7. The Morgan fingerprint density at radius 1 is 1.17 bits per heavy atom. The first kappa shape index (κ1) is 19.5. The van der Waals surface area contributed by atoms with E-state index in [4.69, 9.17) is 15.2 Å². The molecule has 0 saturated carbocycles. The van der Waals surface area contributed by atoms with E-state index in [0.29, 0.717) is 18.0 Å². The highest BCUT2D eigenvalue weighted by Gasteiger charge is 2.32. The van der Waals surface area contributed by atoms with E-state index < -0.39 is 5.91 Å². The Morgan fingerprint density at radius 2 is 1.83 bits per heavy atom. The first-order chi connectivity index (χ1) is 14.5. The number of amides is 2. The average molecular weight is 406 g/mol. The molecule has 0 unspecified atom stereocenters. The van der Waals surface area contributed by atoms with Crippen molar-refractivity contribution < 1.29 is 19.1 Å². The number of anilines is 1. The summed E-state index contributed by atoms with van der Waals surface area (Å²) in [6, 6.07) is 14.8. The van der Waals surface area contributed by atoms with Gasteiger partial charge in [-0.15, -0.1) is 0 Å². The molecule has 0 radical (unpaired) electrons. The van der Waals surface area contributed by atoms with Crippen molar-refractivity contribution in [2.75, 3.05) is 19.0 Å². The van der Waals surface area contributed by atoms with Crippen LogP contribution in [-0.4, -0.2) is 35.3 Å². The normalized spacial score (nSPS) is 15.3. The van der Waals surface area contributed by atoms with Crippen LogP contribution in [0.25, 0.3) is 5.69 Å². The average Bonchev–Trinajstić information content (AvgIpc) is 3.08. The van der Waals surface area contributed by atoms with Gasteiger partial charge in [0.05, 0.1) is 18.5 Å². The maximum absolute atomic E-state index is 12.5. The molecule has 3 N–H and O–H groups in total. The number of benzene rings is 2. The molecule has 1 aliphatic rings. The quantitative estimate of drug-likeness (QED) is 0.654. The van der Waals surface area contributed by atoms with E-state index in [1.807, 2.05) is 43.3 Å². The number of methoxy groups -OCH3 is 1. The number of nitrogens with two attached hydrogens (primary N) is 1. The van der Waals surface area contributed by atoms with Gasteiger partial charge in [0.2, 0.25) is 5.91 Å². The van der Waals surface area contributed by atoms with Crippen LogP contribution < -0.4 is 20.5 Å². The van der Waals surface area contributed by atoms with Gasteiger partial charge in [-0.25, -0.2) is 4.68 Å². The van der Waals surface area contributed by atoms with Gasteiger partial charge in [0.15, 0.2) is 6.61 Å². The Morgan fingerprint density at radius 3 is 2.47 bits per heavy atom. The standard InChI is InChI=1S/C22H22N4O4/c1-13-21-18(14-3-7-17(8-4-14)30-12-19(23)27)11-20(28)24-22(21)26(25-13)15-5-9-16(29-2)10-6-15/h3-10,18H,11-12H2,1-2H3,(H2,23,27)(H,24,28)/t18-/m0/s1. The zero-order valence-electron chi connectivity index (χ0n) is 16.7. The van der Waals surface area contributed by atoms with E-state index in [-0.39, 0.29) is 18.4 Å². The number of fused-ring (bicyclic) bond motifs is 1. The van der Waals surface area contributed by atoms with Gasteiger partial charge in [-0.3, -0.25) is 9.59 Å². The molecule has 30 heavy (non-hydrogen) atoms. The van der Waals surface area contributed by atoms with E-state index in [9.17, 15) is 9.59 Å². The second kappa shape index (κ2) is 7.90. The topological polar surface area (TPSA) is 108 Å². The molecule has 154 valence electrons. The van der Waals surface area contributed by atoms with Crippen molar-refractivity contribution in [3.05, 3.63) is 65.4 Å². The molecule has 8 nitrogen and oxygen atoms in total. The monoisotopic (exact) mass is 406 g/mol. The number of rotatable bonds is 6. The van der Waals surface area contributed by atoms with Crippen molar-refractivity contribution >= 4 is 17.6 Å². The van der Waals surface area contributed by atoms with E-state index >= 15 is 0 Å². The van der Waals surface area contributed by atoms with Crippen LogP contribution in [0.15, 0.2) is 48.5 Å². The molecule has 3 aromatic rings. The third-order valence-corrected chi connectivity index (χ3v) is 5.08. The zero-order chi connectivity index (χ0) is 21.3. The molecule has 0 fully saturated rings. The molecule has 1 aliphatic heterocycles. The van der Waals surface area contributed by atoms with Gasteiger partial charge in [-0.2, -0.15) is 5.10 Å². The molecule has 1 atom stereocenters. The maximum Gasteiger partial charge on any atom is 0.255 e. The summed E-state index contributed by atoms with van der Waals surface area (Å²) in [6.07, 6.45) is 0.323. The van der Waals surface area contributed by atoms with Crippen molar-refractivity contribution in [1.29, 1.82) is 0 Å². The van der Waals surface area contributed by atoms with Crippen LogP contribution in [0.4, 0.5) is 5.82 Å². The number of primary amides is 1. The molecular weight excluding hydrogens is 384 g/mol. The lowest BCUT2D eigenvalue weighted by molar-refractivity contribution is -0.120. The predicted molar refractivity (Wildman–Crippen MR) is 111 cm³/mol. The molecule has 8 heteroatoms. The van der Waals surface area contributed by atoms with E-state index in [1.165, 1.54) is 0 Å². The number of nitrogens with one attached hydrogen (secondary N) is 1. The van der Waals surface area contributed by atoms with Gasteiger partial charge in [-0.1, -0.05) is 12.1 Å². The Bertz CT molecular complexity index is 1090. The number of aromatic nitrogens is 2. The van der Waals surface area contributed by atoms with Crippen LogP contribution in [0.5, 0.6) is 11.5 Å². The fourth-order valence-electron chi connectivity index (χ4n) is 3.69. The fraction of sp³-hybridized carbons (Fsp3) is 0.227. The number of hydrogen-bond acceptors (Lipinski definition) is 5. The van der Waals surface area contributed by atoms with Gasteiger partial charge in [0.1, 0.15) is 17.3 Å². The first-order valence-corrected chi connectivity index (χ1v) is 9.51. The number of carbonyl (C=O) groups is 2. The SMILES string of the molecule is COc1ccc(-n2nc(C)c3c2NC(=O)C[C@H]3c2ccc(OCC(N)=O)cc2)cc1. The Balaban J connectivity index is 1.69. The van der Waals surface area contributed by atoms with Crippen LogP contribution in [0, 0.1) is 6.92 Å². The van der Waals surface area contributed by atoms with Crippen molar-refractivity contribution in [2.45, 2.75) is 19.3 Å². The predicted octanol–water partition coefficient (Wildman–Crippen LogP) is 2.53. The van der Waals surface area contributed by atoms with Gasteiger partial charge in [0, 0.05) is 17.9 Å².